The maximum Gasteiger partial charge on any atom is 0.136 e. The van der Waals surface area contributed by atoms with E-state index in [1.54, 1.807) is 5.41 Å². The summed E-state index contributed by atoms with van der Waals surface area (Å²) in [6.07, 6.45) is 1.87. The summed E-state index contributed by atoms with van der Waals surface area (Å²) >= 11 is 4.81. The molecule has 0 aromatic heterocycles. The van der Waals surface area contributed by atoms with Crippen molar-refractivity contribution in [3.8, 4) is 0 Å². The molecule has 3 rings (SSSR count). The number of halogens is 1. The second-order valence-corrected chi connectivity index (χ2v) is 6.78. The number of hydrogen-bond acceptors (Lipinski definition) is 1. The zero-order chi connectivity index (χ0) is 15.4. The van der Waals surface area contributed by atoms with Crippen LogP contribution in [-0.4, -0.2) is 4.55 Å². The molecule has 3 aromatic rings. The normalized spacial score (nSPS) is 12.8. The molecule has 0 fully saturated rings. The lowest BCUT2D eigenvalue weighted by molar-refractivity contribution is 0.603. The fraction of sp³-hybridized carbons (Fsp3) is 0.0526. The zero-order valence-corrected chi connectivity index (χ0v) is 13.5. The summed E-state index contributed by atoms with van der Waals surface area (Å²) in [4.78, 5) is 0. The van der Waals surface area contributed by atoms with Gasteiger partial charge in [-0.05, 0) is 45.7 Å². The Hall–Kier alpha value is -1.74. The average Bonchev–Trinajstić information content (AvgIpc) is 2.55. The van der Waals surface area contributed by atoms with Crippen molar-refractivity contribution in [1.82, 2.24) is 0 Å². The van der Waals surface area contributed by atoms with Gasteiger partial charge in [0.05, 0.1) is 0 Å². The molecule has 3 heteroatoms. The van der Waals surface area contributed by atoms with Crippen LogP contribution in [0.4, 0.5) is 0 Å². The topological polar surface area (TPSA) is 23.1 Å². The van der Waals surface area contributed by atoms with E-state index in [1.165, 1.54) is 10.8 Å². The molecule has 0 aliphatic heterocycles. The van der Waals surface area contributed by atoms with Gasteiger partial charge in [-0.15, -0.1) is 0 Å². The third-order valence-electron chi connectivity index (χ3n) is 3.46. The Bertz CT molecular complexity index is 791. The lowest BCUT2D eigenvalue weighted by atomic mass is 10.1. The highest BCUT2D eigenvalue weighted by atomic mass is 35.5. The molecule has 0 saturated heterocycles. The first-order valence-electron chi connectivity index (χ1n) is 7.00. The molecule has 110 valence electrons. The van der Waals surface area contributed by atoms with Gasteiger partial charge in [-0.1, -0.05) is 66.2 Å². The lowest BCUT2D eigenvalue weighted by Crippen LogP contribution is -2.00. The Morgan fingerprint density at radius 3 is 2.45 bits per heavy atom. The second-order valence-electron chi connectivity index (χ2n) is 5.02. The molecule has 1 atom stereocenters. The largest absolute Gasteiger partial charge is 0.612 e. The van der Waals surface area contributed by atoms with Gasteiger partial charge in [0.15, 0.2) is 0 Å². The van der Waals surface area contributed by atoms with Gasteiger partial charge in [0.1, 0.15) is 11.2 Å². The van der Waals surface area contributed by atoms with E-state index in [0.29, 0.717) is 10.8 Å². The standard InChI is InChI=1S/C19H15ClOS/c20-18-10-8-15(9-11-18)12-13-22(21)14-17-6-3-5-16-4-1-2-7-19(16)17/h1-13H,14H2. The summed E-state index contributed by atoms with van der Waals surface area (Å²) in [5.41, 5.74) is 2.10. The minimum absolute atomic E-state index is 0.519. The molecular formula is C19H15ClOS. The Morgan fingerprint density at radius 2 is 1.64 bits per heavy atom. The maximum absolute atomic E-state index is 12.3. The fourth-order valence-electron chi connectivity index (χ4n) is 2.35. The highest BCUT2D eigenvalue weighted by molar-refractivity contribution is 7.93. The first-order chi connectivity index (χ1) is 10.7. The van der Waals surface area contributed by atoms with Gasteiger partial charge < -0.3 is 4.55 Å². The van der Waals surface area contributed by atoms with Gasteiger partial charge in [-0.25, -0.2) is 0 Å². The minimum atomic E-state index is -1.05. The van der Waals surface area contributed by atoms with E-state index < -0.39 is 11.2 Å². The van der Waals surface area contributed by atoms with Crippen molar-refractivity contribution in [2.75, 3.05) is 0 Å². The van der Waals surface area contributed by atoms with E-state index in [2.05, 4.69) is 18.2 Å². The van der Waals surface area contributed by atoms with Gasteiger partial charge in [0, 0.05) is 10.6 Å². The monoisotopic (exact) mass is 326 g/mol. The van der Waals surface area contributed by atoms with Crippen LogP contribution in [0, 0.1) is 0 Å². The minimum Gasteiger partial charge on any atom is -0.612 e. The third-order valence-corrected chi connectivity index (χ3v) is 4.75. The molecule has 1 unspecified atom stereocenters. The molecular weight excluding hydrogens is 312 g/mol. The van der Waals surface area contributed by atoms with Gasteiger partial charge in [0.2, 0.25) is 0 Å². The molecule has 3 aromatic carbocycles. The van der Waals surface area contributed by atoms with Gasteiger partial charge in [-0.3, -0.25) is 0 Å². The van der Waals surface area contributed by atoms with Crippen LogP contribution in [0.2, 0.25) is 5.02 Å². The van der Waals surface area contributed by atoms with Crippen LogP contribution in [0.3, 0.4) is 0 Å². The summed E-state index contributed by atoms with van der Waals surface area (Å²) < 4.78 is 12.3. The SMILES string of the molecule is [O-][S+](C=Cc1ccc(Cl)cc1)Cc1cccc2ccccc12. The molecule has 0 amide bonds. The summed E-state index contributed by atoms with van der Waals surface area (Å²) in [5, 5.41) is 4.79. The molecule has 0 radical (unpaired) electrons. The van der Waals surface area contributed by atoms with E-state index in [-0.39, 0.29) is 0 Å². The first-order valence-corrected chi connectivity index (χ1v) is 8.76. The predicted molar refractivity (Wildman–Crippen MR) is 96.3 cm³/mol. The molecule has 0 aliphatic rings. The Balaban J connectivity index is 1.75. The molecule has 0 bridgehead atoms. The van der Waals surface area contributed by atoms with Crippen LogP contribution < -0.4 is 0 Å². The van der Waals surface area contributed by atoms with E-state index in [9.17, 15) is 4.55 Å². The molecule has 0 N–H and O–H groups in total. The van der Waals surface area contributed by atoms with Crippen LogP contribution in [0.15, 0.2) is 72.1 Å². The van der Waals surface area contributed by atoms with Crippen LogP contribution >= 0.6 is 11.6 Å². The highest BCUT2D eigenvalue weighted by Crippen LogP contribution is 2.21. The highest BCUT2D eigenvalue weighted by Gasteiger charge is 2.07. The smallest absolute Gasteiger partial charge is 0.136 e. The van der Waals surface area contributed by atoms with E-state index in [4.69, 9.17) is 11.6 Å². The van der Waals surface area contributed by atoms with Crippen LogP contribution in [0.1, 0.15) is 11.1 Å². The summed E-state index contributed by atoms with van der Waals surface area (Å²) in [6, 6.07) is 21.8. The number of fused-ring (bicyclic) bond motifs is 1. The van der Waals surface area contributed by atoms with Crippen molar-refractivity contribution in [3.63, 3.8) is 0 Å². The number of rotatable bonds is 4. The van der Waals surface area contributed by atoms with Crippen LogP contribution in [0.25, 0.3) is 16.8 Å². The first kappa shape index (κ1) is 15.2. The fourth-order valence-corrected chi connectivity index (χ4v) is 3.44. The van der Waals surface area contributed by atoms with Crippen LogP contribution in [-0.2, 0) is 16.9 Å². The zero-order valence-electron chi connectivity index (χ0n) is 11.9. The Kier molecular flexibility index (Phi) is 4.84. The van der Waals surface area contributed by atoms with E-state index in [0.717, 1.165) is 11.1 Å². The molecule has 0 heterocycles. The Morgan fingerprint density at radius 1 is 0.909 bits per heavy atom. The summed E-state index contributed by atoms with van der Waals surface area (Å²) in [5.74, 6) is 0.519. The summed E-state index contributed by atoms with van der Waals surface area (Å²) in [7, 11) is 0. The quantitative estimate of drug-likeness (QED) is 0.588. The molecule has 0 saturated carbocycles. The van der Waals surface area contributed by atoms with Gasteiger partial charge in [-0.2, -0.15) is 0 Å². The Labute approximate surface area is 138 Å². The van der Waals surface area contributed by atoms with Crippen molar-refractivity contribution in [2.45, 2.75) is 5.75 Å². The average molecular weight is 327 g/mol. The molecule has 0 aliphatic carbocycles. The summed E-state index contributed by atoms with van der Waals surface area (Å²) in [6.45, 7) is 0. The maximum atomic E-state index is 12.3. The van der Waals surface area contributed by atoms with E-state index >= 15 is 0 Å². The van der Waals surface area contributed by atoms with Crippen molar-refractivity contribution in [3.05, 3.63) is 88.3 Å². The number of benzene rings is 3. The predicted octanol–water partition coefficient (Wildman–Crippen LogP) is 5.41. The third kappa shape index (κ3) is 3.72. The molecule has 0 spiro atoms. The van der Waals surface area contributed by atoms with Gasteiger partial charge in [0.25, 0.3) is 0 Å². The van der Waals surface area contributed by atoms with Crippen molar-refractivity contribution >= 4 is 39.6 Å². The molecule has 1 nitrogen and oxygen atoms in total. The lowest BCUT2D eigenvalue weighted by Gasteiger charge is -2.08. The number of hydrogen-bond donors (Lipinski definition) is 0. The van der Waals surface area contributed by atoms with Crippen molar-refractivity contribution in [2.24, 2.45) is 0 Å². The van der Waals surface area contributed by atoms with Crippen LogP contribution in [0.5, 0.6) is 0 Å². The molecule has 22 heavy (non-hydrogen) atoms. The van der Waals surface area contributed by atoms with E-state index in [1.807, 2.05) is 54.6 Å². The van der Waals surface area contributed by atoms with Gasteiger partial charge >= 0.3 is 0 Å². The van der Waals surface area contributed by atoms with Crippen molar-refractivity contribution < 1.29 is 4.55 Å². The van der Waals surface area contributed by atoms with Crippen molar-refractivity contribution in [1.29, 1.82) is 0 Å². The second kappa shape index (κ2) is 7.01.